The molecule has 0 atom stereocenters. The molecule has 1 aliphatic rings. The Hall–Kier alpha value is -2.57. The van der Waals surface area contributed by atoms with Gasteiger partial charge in [-0.2, -0.15) is 0 Å². The summed E-state index contributed by atoms with van der Waals surface area (Å²) < 4.78 is 5.34. The summed E-state index contributed by atoms with van der Waals surface area (Å²) in [4.78, 5) is 27.8. The number of nitrogens with zero attached hydrogens (tertiary/aromatic N) is 1. The number of halogens is 1. The number of piperidine rings is 1. The second-order valence-electron chi connectivity index (χ2n) is 7.55. The molecule has 6 nitrogen and oxygen atoms in total. The average Bonchev–Trinajstić information content (AvgIpc) is 2.79. The molecule has 2 aromatic carbocycles. The third-order valence-corrected chi connectivity index (χ3v) is 5.51. The van der Waals surface area contributed by atoms with E-state index >= 15 is 0 Å². The quantitative estimate of drug-likeness (QED) is 0.549. The third kappa shape index (κ3) is 6.71. The van der Waals surface area contributed by atoms with Gasteiger partial charge in [0.2, 0.25) is 0 Å². The van der Waals surface area contributed by atoms with Crippen LogP contribution in [0.25, 0.3) is 0 Å². The first-order valence-electron chi connectivity index (χ1n) is 10.9. The molecule has 2 N–H and O–H groups in total. The molecule has 0 aliphatic carbocycles. The van der Waals surface area contributed by atoms with Crippen LogP contribution in [0.2, 0.25) is 5.02 Å². The Labute approximate surface area is 188 Å². The summed E-state index contributed by atoms with van der Waals surface area (Å²) in [5.74, 6) is -0.384. The van der Waals surface area contributed by atoms with Gasteiger partial charge >= 0.3 is 0 Å². The highest BCUT2D eigenvalue weighted by molar-refractivity contribution is 6.30. The van der Waals surface area contributed by atoms with Crippen molar-refractivity contribution in [3.8, 4) is 0 Å². The predicted molar refractivity (Wildman–Crippen MR) is 125 cm³/mol. The minimum atomic E-state index is -0.245. The molecule has 0 radical (unpaired) electrons. The zero-order valence-corrected chi connectivity index (χ0v) is 18.7. The van der Waals surface area contributed by atoms with E-state index in [1.165, 1.54) is 6.42 Å². The second-order valence-corrected chi connectivity index (χ2v) is 7.98. The fraction of sp³-hybridized carbons (Fsp3) is 0.417. The third-order valence-electron chi connectivity index (χ3n) is 5.26. The first kappa shape index (κ1) is 23.1. The Morgan fingerprint density at radius 3 is 2.48 bits per heavy atom. The molecular formula is C24H30ClN3O3. The zero-order valence-electron chi connectivity index (χ0n) is 18.0. The second kappa shape index (κ2) is 11.7. The van der Waals surface area contributed by atoms with Crippen LogP contribution >= 0.6 is 11.6 Å². The van der Waals surface area contributed by atoms with Gasteiger partial charge in [-0.15, -0.1) is 0 Å². The molecule has 1 saturated heterocycles. The van der Waals surface area contributed by atoms with Crippen LogP contribution in [0.1, 0.15) is 53.3 Å². The molecule has 0 unspecified atom stereocenters. The van der Waals surface area contributed by atoms with Crippen molar-refractivity contribution >= 4 is 34.8 Å². The summed E-state index contributed by atoms with van der Waals surface area (Å²) in [5.41, 5.74) is 2.57. The topological polar surface area (TPSA) is 70.7 Å². The van der Waals surface area contributed by atoms with Crippen molar-refractivity contribution in [1.82, 2.24) is 5.32 Å². The molecule has 0 saturated carbocycles. The van der Waals surface area contributed by atoms with E-state index in [0.29, 0.717) is 41.6 Å². The molecule has 31 heavy (non-hydrogen) atoms. The van der Waals surface area contributed by atoms with Gasteiger partial charge in [-0.25, -0.2) is 0 Å². The van der Waals surface area contributed by atoms with Gasteiger partial charge in [0.25, 0.3) is 11.8 Å². The monoisotopic (exact) mass is 443 g/mol. The lowest BCUT2D eigenvalue weighted by Crippen LogP contribution is -2.33. The largest absolute Gasteiger partial charge is 0.382 e. The van der Waals surface area contributed by atoms with Crippen LogP contribution in [0.4, 0.5) is 11.4 Å². The normalized spacial score (nSPS) is 13.7. The van der Waals surface area contributed by atoms with Crippen molar-refractivity contribution in [3.05, 3.63) is 58.6 Å². The van der Waals surface area contributed by atoms with Crippen molar-refractivity contribution in [2.75, 3.05) is 43.1 Å². The Bertz CT molecular complexity index is 880. The maximum atomic E-state index is 13.0. The van der Waals surface area contributed by atoms with Crippen LogP contribution in [0, 0.1) is 0 Å². The SMILES string of the molecule is CCOCCCNC(=O)c1cc(NC(=O)c2ccc(Cl)cc2)ccc1N1CCCCC1. The van der Waals surface area contributed by atoms with Gasteiger partial charge in [0.05, 0.1) is 5.56 Å². The molecule has 2 amide bonds. The number of nitrogens with one attached hydrogen (secondary N) is 2. The van der Waals surface area contributed by atoms with Crippen LogP contribution in [0.3, 0.4) is 0 Å². The van der Waals surface area contributed by atoms with Crippen LogP contribution in [0.5, 0.6) is 0 Å². The maximum absolute atomic E-state index is 13.0. The first-order valence-corrected chi connectivity index (χ1v) is 11.3. The molecule has 2 aromatic rings. The van der Waals surface area contributed by atoms with Gasteiger partial charge in [0, 0.05) is 54.8 Å². The molecular weight excluding hydrogens is 414 g/mol. The lowest BCUT2D eigenvalue weighted by atomic mass is 10.1. The van der Waals surface area contributed by atoms with Crippen LogP contribution < -0.4 is 15.5 Å². The van der Waals surface area contributed by atoms with E-state index in [-0.39, 0.29) is 11.8 Å². The van der Waals surface area contributed by atoms with E-state index in [9.17, 15) is 9.59 Å². The summed E-state index contributed by atoms with van der Waals surface area (Å²) in [6, 6.07) is 12.2. The fourth-order valence-electron chi connectivity index (χ4n) is 3.63. The number of carbonyl (C=O) groups excluding carboxylic acids is 2. The fourth-order valence-corrected chi connectivity index (χ4v) is 3.75. The minimum absolute atomic E-state index is 0.139. The van der Waals surface area contributed by atoms with E-state index in [0.717, 1.165) is 38.0 Å². The van der Waals surface area contributed by atoms with Crippen molar-refractivity contribution in [2.45, 2.75) is 32.6 Å². The van der Waals surface area contributed by atoms with Crippen molar-refractivity contribution in [2.24, 2.45) is 0 Å². The van der Waals surface area contributed by atoms with Gasteiger partial charge in [-0.1, -0.05) is 11.6 Å². The Morgan fingerprint density at radius 1 is 1.03 bits per heavy atom. The smallest absolute Gasteiger partial charge is 0.255 e. The molecule has 7 heteroatoms. The molecule has 0 bridgehead atoms. The number of ether oxygens (including phenoxy) is 1. The number of carbonyl (C=O) groups is 2. The maximum Gasteiger partial charge on any atom is 0.255 e. The Morgan fingerprint density at radius 2 is 1.77 bits per heavy atom. The standard InChI is InChI=1S/C24H30ClN3O3/c1-2-31-16-6-13-26-24(30)21-17-20(11-12-22(21)28-14-4-3-5-15-28)27-23(29)18-7-9-19(25)10-8-18/h7-12,17H,2-6,13-16H2,1H3,(H,26,30)(H,27,29). The van der Waals surface area contributed by atoms with Gasteiger partial charge in [-0.3, -0.25) is 9.59 Å². The van der Waals surface area contributed by atoms with E-state index < -0.39 is 0 Å². The highest BCUT2D eigenvalue weighted by Gasteiger charge is 2.20. The van der Waals surface area contributed by atoms with Crippen LogP contribution in [-0.4, -0.2) is 44.7 Å². The zero-order chi connectivity index (χ0) is 22.1. The summed E-state index contributed by atoms with van der Waals surface area (Å²) in [7, 11) is 0. The molecule has 1 heterocycles. The van der Waals surface area contributed by atoms with Crippen molar-refractivity contribution in [3.63, 3.8) is 0 Å². The van der Waals surface area contributed by atoms with E-state index in [1.807, 2.05) is 19.1 Å². The molecule has 166 valence electrons. The number of hydrogen-bond acceptors (Lipinski definition) is 4. The lowest BCUT2D eigenvalue weighted by Gasteiger charge is -2.30. The van der Waals surface area contributed by atoms with Crippen LogP contribution in [-0.2, 0) is 4.74 Å². The van der Waals surface area contributed by atoms with Crippen molar-refractivity contribution in [1.29, 1.82) is 0 Å². The number of anilines is 2. The molecule has 0 aromatic heterocycles. The Kier molecular flexibility index (Phi) is 8.74. The number of benzene rings is 2. The number of amides is 2. The van der Waals surface area contributed by atoms with Gasteiger partial charge < -0.3 is 20.3 Å². The summed E-state index contributed by atoms with van der Waals surface area (Å²) >= 11 is 5.90. The number of hydrogen-bond donors (Lipinski definition) is 2. The molecule has 0 spiro atoms. The Balaban J connectivity index is 1.76. The minimum Gasteiger partial charge on any atom is -0.382 e. The molecule has 1 fully saturated rings. The van der Waals surface area contributed by atoms with Gasteiger partial charge in [-0.05, 0) is 75.1 Å². The predicted octanol–water partition coefficient (Wildman–Crippen LogP) is 4.74. The average molecular weight is 444 g/mol. The van der Waals surface area contributed by atoms with E-state index in [2.05, 4.69) is 15.5 Å². The summed E-state index contributed by atoms with van der Waals surface area (Å²) in [6.07, 6.45) is 4.20. The van der Waals surface area contributed by atoms with Gasteiger partial charge in [0.1, 0.15) is 0 Å². The van der Waals surface area contributed by atoms with Crippen LogP contribution in [0.15, 0.2) is 42.5 Å². The number of rotatable bonds is 9. The van der Waals surface area contributed by atoms with Gasteiger partial charge in [0.15, 0.2) is 0 Å². The summed E-state index contributed by atoms with van der Waals surface area (Å²) in [5, 5.41) is 6.44. The molecule has 1 aliphatic heterocycles. The van der Waals surface area contributed by atoms with Crippen molar-refractivity contribution < 1.29 is 14.3 Å². The summed E-state index contributed by atoms with van der Waals surface area (Å²) in [6.45, 7) is 5.64. The first-order chi connectivity index (χ1) is 15.1. The van der Waals surface area contributed by atoms with E-state index in [1.54, 1.807) is 30.3 Å². The van der Waals surface area contributed by atoms with E-state index in [4.69, 9.17) is 16.3 Å². The highest BCUT2D eigenvalue weighted by Crippen LogP contribution is 2.27. The highest BCUT2D eigenvalue weighted by atomic mass is 35.5. The molecule has 3 rings (SSSR count). The lowest BCUT2D eigenvalue weighted by molar-refractivity contribution is 0.0943.